The quantitative estimate of drug-likeness (QED) is 0.803. The summed E-state index contributed by atoms with van der Waals surface area (Å²) in [5.74, 6) is 0.0780. The van der Waals surface area contributed by atoms with Gasteiger partial charge >= 0.3 is 0 Å². The molecule has 1 aliphatic rings. The summed E-state index contributed by atoms with van der Waals surface area (Å²) in [6, 6.07) is 1.95. The predicted octanol–water partition coefficient (Wildman–Crippen LogP) is 2.66. The highest BCUT2D eigenvalue weighted by molar-refractivity contribution is 7.12. The minimum absolute atomic E-state index is 0.0780. The fraction of sp³-hybridized carbons (Fsp3) is 0.643. The molecule has 1 aromatic rings. The van der Waals surface area contributed by atoms with Gasteiger partial charge in [-0.3, -0.25) is 4.79 Å². The number of amides is 1. The molecular formula is C14H22N2OS. The molecule has 0 aliphatic carbocycles. The summed E-state index contributed by atoms with van der Waals surface area (Å²) >= 11 is 1.52. The highest BCUT2D eigenvalue weighted by Crippen LogP contribution is 2.13. The zero-order valence-corrected chi connectivity index (χ0v) is 11.9. The SMILES string of the molecule is Cc1csc(C(=O)NCCCCN2CCCC2)c1. The Hall–Kier alpha value is -0.870. The lowest BCUT2D eigenvalue weighted by Gasteiger charge is -2.13. The monoisotopic (exact) mass is 266 g/mol. The van der Waals surface area contributed by atoms with E-state index in [1.165, 1.54) is 55.8 Å². The first kappa shape index (κ1) is 13.6. The van der Waals surface area contributed by atoms with Gasteiger partial charge in [-0.25, -0.2) is 0 Å². The zero-order valence-electron chi connectivity index (χ0n) is 11.1. The summed E-state index contributed by atoms with van der Waals surface area (Å²) < 4.78 is 0. The highest BCUT2D eigenvalue weighted by atomic mass is 32.1. The first-order valence-corrected chi connectivity index (χ1v) is 7.69. The second-order valence-electron chi connectivity index (χ2n) is 5.00. The third-order valence-electron chi connectivity index (χ3n) is 3.34. The molecule has 2 heterocycles. The number of carbonyl (C=O) groups is 1. The van der Waals surface area contributed by atoms with Gasteiger partial charge in [0.25, 0.3) is 5.91 Å². The highest BCUT2D eigenvalue weighted by Gasteiger charge is 2.10. The van der Waals surface area contributed by atoms with Gasteiger partial charge in [0.1, 0.15) is 0 Å². The molecule has 0 spiro atoms. The number of nitrogens with one attached hydrogen (secondary N) is 1. The van der Waals surface area contributed by atoms with E-state index in [1.807, 2.05) is 18.4 Å². The summed E-state index contributed by atoms with van der Waals surface area (Å²) in [6.07, 6.45) is 4.97. The van der Waals surface area contributed by atoms with Crippen LogP contribution >= 0.6 is 11.3 Å². The molecule has 0 radical (unpaired) electrons. The van der Waals surface area contributed by atoms with Crippen LogP contribution in [-0.4, -0.2) is 37.0 Å². The van der Waals surface area contributed by atoms with Crippen molar-refractivity contribution in [2.75, 3.05) is 26.2 Å². The van der Waals surface area contributed by atoms with Gasteiger partial charge in [-0.1, -0.05) is 0 Å². The van der Waals surface area contributed by atoms with Gasteiger partial charge in [0.2, 0.25) is 0 Å². The molecule has 4 heteroatoms. The van der Waals surface area contributed by atoms with Gasteiger partial charge in [0, 0.05) is 6.54 Å². The maximum Gasteiger partial charge on any atom is 0.261 e. The number of hydrogen-bond donors (Lipinski definition) is 1. The maximum atomic E-state index is 11.8. The Morgan fingerprint density at radius 1 is 1.39 bits per heavy atom. The van der Waals surface area contributed by atoms with Crippen molar-refractivity contribution in [3.05, 3.63) is 21.9 Å². The van der Waals surface area contributed by atoms with Gasteiger partial charge < -0.3 is 10.2 Å². The van der Waals surface area contributed by atoms with Gasteiger partial charge in [-0.2, -0.15) is 0 Å². The fourth-order valence-electron chi connectivity index (χ4n) is 2.31. The third-order valence-corrected chi connectivity index (χ3v) is 4.39. The van der Waals surface area contributed by atoms with Crippen LogP contribution < -0.4 is 5.32 Å². The van der Waals surface area contributed by atoms with Crippen LogP contribution in [-0.2, 0) is 0 Å². The van der Waals surface area contributed by atoms with E-state index >= 15 is 0 Å². The summed E-state index contributed by atoms with van der Waals surface area (Å²) in [7, 11) is 0. The van der Waals surface area contributed by atoms with Gasteiger partial charge in [0.05, 0.1) is 4.88 Å². The zero-order chi connectivity index (χ0) is 12.8. The summed E-state index contributed by atoms with van der Waals surface area (Å²) in [6.45, 7) is 6.53. The van der Waals surface area contributed by atoms with Crippen LogP contribution in [0.3, 0.4) is 0 Å². The number of nitrogens with zero attached hydrogens (tertiary/aromatic N) is 1. The Kier molecular flexibility index (Phi) is 5.20. The topological polar surface area (TPSA) is 32.3 Å². The number of hydrogen-bond acceptors (Lipinski definition) is 3. The van der Waals surface area contributed by atoms with Crippen LogP contribution in [0, 0.1) is 6.92 Å². The minimum Gasteiger partial charge on any atom is -0.351 e. The Morgan fingerprint density at radius 2 is 2.17 bits per heavy atom. The lowest BCUT2D eigenvalue weighted by Crippen LogP contribution is -2.25. The first-order valence-electron chi connectivity index (χ1n) is 6.81. The molecule has 1 aromatic heterocycles. The van der Waals surface area contributed by atoms with Crippen molar-refractivity contribution in [1.29, 1.82) is 0 Å². The Bertz CT molecular complexity index is 383. The van der Waals surface area contributed by atoms with Crippen molar-refractivity contribution < 1.29 is 4.79 Å². The van der Waals surface area contributed by atoms with E-state index < -0.39 is 0 Å². The number of likely N-dealkylation sites (tertiary alicyclic amines) is 1. The van der Waals surface area contributed by atoms with E-state index in [-0.39, 0.29) is 5.91 Å². The van der Waals surface area contributed by atoms with Crippen molar-refractivity contribution in [2.24, 2.45) is 0 Å². The first-order chi connectivity index (χ1) is 8.75. The molecule has 0 aromatic carbocycles. The normalized spacial score (nSPS) is 16.1. The number of carbonyl (C=O) groups excluding carboxylic acids is 1. The average Bonchev–Trinajstić information content (AvgIpc) is 2.99. The van der Waals surface area contributed by atoms with Crippen LogP contribution in [0.5, 0.6) is 0 Å². The van der Waals surface area contributed by atoms with Crippen LogP contribution in [0.15, 0.2) is 11.4 Å². The largest absolute Gasteiger partial charge is 0.351 e. The summed E-state index contributed by atoms with van der Waals surface area (Å²) in [5.41, 5.74) is 1.17. The molecule has 1 N–H and O–H groups in total. The number of aryl methyl sites for hydroxylation is 1. The molecule has 1 aliphatic heterocycles. The Balaban J connectivity index is 1.56. The molecule has 0 saturated carbocycles. The standard InChI is InChI=1S/C14H22N2OS/c1-12-10-13(18-11-12)14(17)15-6-2-3-7-16-8-4-5-9-16/h10-11H,2-9H2,1H3,(H,15,17). The van der Waals surface area contributed by atoms with E-state index in [0.717, 1.165) is 17.8 Å². The van der Waals surface area contributed by atoms with Crippen LogP contribution in [0.1, 0.15) is 40.9 Å². The molecule has 3 nitrogen and oxygen atoms in total. The molecule has 0 bridgehead atoms. The second-order valence-corrected chi connectivity index (χ2v) is 5.91. The molecule has 1 fully saturated rings. The molecule has 0 unspecified atom stereocenters. The minimum atomic E-state index is 0.0780. The predicted molar refractivity (Wildman–Crippen MR) is 76.3 cm³/mol. The van der Waals surface area contributed by atoms with E-state index in [9.17, 15) is 4.79 Å². The van der Waals surface area contributed by atoms with Crippen LogP contribution in [0.4, 0.5) is 0 Å². The van der Waals surface area contributed by atoms with E-state index in [1.54, 1.807) is 0 Å². The van der Waals surface area contributed by atoms with E-state index in [0.29, 0.717) is 0 Å². The van der Waals surface area contributed by atoms with E-state index in [4.69, 9.17) is 0 Å². The van der Waals surface area contributed by atoms with Crippen molar-refractivity contribution in [1.82, 2.24) is 10.2 Å². The smallest absolute Gasteiger partial charge is 0.261 e. The Morgan fingerprint density at radius 3 is 2.83 bits per heavy atom. The Labute approximate surface area is 113 Å². The maximum absolute atomic E-state index is 11.8. The van der Waals surface area contributed by atoms with Crippen molar-refractivity contribution in [3.63, 3.8) is 0 Å². The van der Waals surface area contributed by atoms with Crippen LogP contribution in [0.25, 0.3) is 0 Å². The lowest BCUT2D eigenvalue weighted by atomic mass is 10.3. The van der Waals surface area contributed by atoms with Crippen molar-refractivity contribution >= 4 is 17.2 Å². The van der Waals surface area contributed by atoms with E-state index in [2.05, 4.69) is 10.2 Å². The molecule has 18 heavy (non-hydrogen) atoms. The summed E-state index contributed by atoms with van der Waals surface area (Å²) in [5, 5.41) is 5.01. The number of rotatable bonds is 6. The fourth-order valence-corrected chi connectivity index (χ4v) is 3.12. The average molecular weight is 266 g/mol. The number of unbranched alkanes of at least 4 members (excludes halogenated alkanes) is 1. The molecule has 2 rings (SSSR count). The lowest BCUT2D eigenvalue weighted by molar-refractivity contribution is 0.0956. The van der Waals surface area contributed by atoms with Crippen molar-refractivity contribution in [3.8, 4) is 0 Å². The van der Waals surface area contributed by atoms with Gasteiger partial charge in [-0.15, -0.1) is 11.3 Å². The van der Waals surface area contributed by atoms with Gasteiger partial charge in [-0.05, 0) is 69.3 Å². The molecule has 100 valence electrons. The van der Waals surface area contributed by atoms with Gasteiger partial charge in [0.15, 0.2) is 0 Å². The number of thiophene rings is 1. The molecule has 0 atom stereocenters. The van der Waals surface area contributed by atoms with Crippen LogP contribution in [0.2, 0.25) is 0 Å². The molecule has 1 amide bonds. The second kappa shape index (κ2) is 6.90. The van der Waals surface area contributed by atoms with Crippen molar-refractivity contribution in [2.45, 2.75) is 32.6 Å². The molecule has 1 saturated heterocycles. The molecular weight excluding hydrogens is 244 g/mol. The third kappa shape index (κ3) is 4.10. The summed E-state index contributed by atoms with van der Waals surface area (Å²) in [4.78, 5) is 15.1.